The van der Waals surface area contributed by atoms with Crippen LogP contribution in [0.2, 0.25) is 19.6 Å². The molecule has 0 heterocycles. The Balaban J connectivity index is 2.45. The second-order valence-electron chi connectivity index (χ2n) is 7.16. The van der Waals surface area contributed by atoms with Gasteiger partial charge in [-0.1, -0.05) is 30.3 Å². The Morgan fingerprint density at radius 3 is 2.19 bits per heavy atom. The minimum absolute atomic E-state index is 0.194. The highest BCUT2D eigenvalue weighted by molar-refractivity contribution is 6.69. The molecule has 0 saturated carbocycles. The first-order valence-electron chi connectivity index (χ1n) is 9.17. The van der Waals surface area contributed by atoms with Gasteiger partial charge in [0.15, 0.2) is 0 Å². The van der Waals surface area contributed by atoms with E-state index in [1.807, 2.05) is 66.6 Å². The number of carbonyl (C=O) groups excluding carboxylic acids is 1. The molecule has 2 rings (SSSR count). The fourth-order valence-electron chi connectivity index (χ4n) is 2.71. The monoisotopic (exact) mass is 387 g/mol. The molecule has 0 spiro atoms. The summed E-state index contributed by atoms with van der Waals surface area (Å²) >= 11 is 0. The summed E-state index contributed by atoms with van der Waals surface area (Å²) in [5.74, 6) is 0.518. The maximum atomic E-state index is 12.3. The van der Waals surface area contributed by atoms with Crippen molar-refractivity contribution in [3.05, 3.63) is 60.2 Å². The van der Waals surface area contributed by atoms with E-state index in [-0.39, 0.29) is 18.4 Å². The molecular formula is C21H29NO4Si. The number of esters is 1. The molecule has 1 unspecified atom stereocenters. The third-order valence-electron chi connectivity index (χ3n) is 3.83. The zero-order valence-electron chi connectivity index (χ0n) is 16.8. The molecule has 0 fully saturated rings. The average molecular weight is 388 g/mol. The van der Waals surface area contributed by atoms with Crippen molar-refractivity contribution in [3.63, 3.8) is 0 Å². The van der Waals surface area contributed by atoms with Crippen molar-refractivity contribution >= 4 is 20.0 Å². The van der Waals surface area contributed by atoms with E-state index >= 15 is 0 Å². The summed E-state index contributed by atoms with van der Waals surface area (Å²) in [7, 11) is -0.302. The molecule has 0 amide bonds. The summed E-state index contributed by atoms with van der Waals surface area (Å²) in [4.78, 5) is 12.3. The molecule has 0 aliphatic heterocycles. The van der Waals surface area contributed by atoms with Gasteiger partial charge in [0.25, 0.3) is 0 Å². The Bertz CT molecular complexity index is 713. The quantitative estimate of drug-likeness (QED) is 0.346. The topological polar surface area (TPSA) is 48.0 Å². The van der Waals surface area contributed by atoms with Crippen molar-refractivity contribution in [2.45, 2.75) is 39.0 Å². The van der Waals surface area contributed by atoms with Gasteiger partial charge in [0, 0.05) is 0 Å². The third-order valence-corrected chi connectivity index (χ3v) is 4.58. The van der Waals surface area contributed by atoms with Crippen LogP contribution in [0.3, 0.4) is 0 Å². The number of anilines is 1. The number of methoxy groups -OCH3 is 1. The van der Waals surface area contributed by atoms with Gasteiger partial charge in [0.1, 0.15) is 5.75 Å². The van der Waals surface area contributed by atoms with E-state index in [0.29, 0.717) is 6.61 Å². The molecule has 0 aromatic heterocycles. The fourth-order valence-corrected chi connectivity index (χ4v) is 3.53. The number of carbonyl (C=O) groups is 1. The number of hydrogen-bond donors (Lipinski definition) is 0. The highest BCUT2D eigenvalue weighted by Gasteiger charge is 2.30. The lowest BCUT2D eigenvalue weighted by molar-refractivity contribution is -0.143. The van der Waals surface area contributed by atoms with Gasteiger partial charge in [-0.2, -0.15) is 0 Å². The standard InChI is InChI=1S/C21H29NO4Si/c1-6-25-21(23)16-20(17-12-14-19(24-2)15-13-17)22(26-27(3,4)5)18-10-8-7-9-11-18/h7-15,20H,6,16H2,1-5H3. The summed E-state index contributed by atoms with van der Waals surface area (Å²) in [6, 6.07) is 17.3. The smallest absolute Gasteiger partial charge is 0.308 e. The van der Waals surface area contributed by atoms with Crippen LogP contribution >= 0.6 is 0 Å². The van der Waals surface area contributed by atoms with E-state index in [1.54, 1.807) is 7.11 Å². The third kappa shape index (κ3) is 6.41. The molecule has 0 bridgehead atoms. The number of nitrogens with zero attached hydrogens (tertiary/aromatic N) is 1. The fraction of sp³-hybridized carbons (Fsp3) is 0.381. The molecule has 0 radical (unpaired) electrons. The Kier molecular flexibility index (Phi) is 7.44. The summed E-state index contributed by atoms with van der Waals surface area (Å²) in [6.07, 6.45) is 0.194. The van der Waals surface area contributed by atoms with Crippen LogP contribution in [0.15, 0.2) is 54.6 Å². The number of ether oxygens (including phenoxy) is 2. The van der Waals surface area contributed by atoms with Gasteiger partial charge in [-0.15, -0.1) is 0 Å². The molecule has 6 heteroatoms. The first-order chi connectivity index (χ1) is 12.8. The van der Waals surface area contributed by atoms with Gasteiger partial charge < -0.3 is 14.0 Å². The average Bonchev–Trinajstić information content (AvgIpc) is 2.65. The van der Waals surface area contributed by atoms with Gasteiger partial charge in [0.05, 0.1) is 31.9 Å². The van der Waals surface area contributed by atoms with E-state index in [2.05, 4.69) is 19.6 Å². The van der Waals surface area contributed by atoms with Crippen LogP contribution in [-0.2, 0) is 14.1 Å². The van der Waals surface area contributed by atoms with Crippen LogP contribution in [0, 0.1) is 0 Å². The zero-order valence-corrected chi connectivity index (χ0v) is 17.8. The van der Waals surface area contributed by atoms with Gasteiger partial charge >= 0.3 is 5.97 Å². The van der Waals surface area contributed by atoms with Gasteiger partial charge in [0.2, 0.25) is 8.32 Å². The van der Waals surface area contributed by atoms with Crippen LogP contribution in [0.1, 0.15) is 24.9 Å². The number of rotatable bonds is 9. The maximum Gasteiger partial charge on any atom is 0.308 e. The first kappa shape index (κ1) is 21.0. The molecule has 27 heavy (non-hydrogen) atoms. The molecule has 0 aliphatic rings. The Morgan fingerprint density at radius 2 is 1.67 bits per heavy atom. The lowest BCUT2D eigenvalue weighted by Gasteiger charge is -2.37. The minimum Gasteiger partial charge on any atom is -0.497 e. The second kappa shape index (κ2) is 9.57. The summed E-state index contributed by atoms with van der Waals surface area (Å²) in [6.45, 7) is 8.54. The van der Waals surface area contributed by atoms with Crippen molar-refractivity contribution in [2.75, 3.05) is 18.8 Å². The number of para-hydroxylation sites is 1. The summed E-state index contributed by atoms with van der Waals surface area (Å²) < 4.78 is 16.9. The molecule has 2 aromatic rings. The molecular weight excluding hydrogens is 358 g/mol. The SMILES string of the molecule is CCOC(=O)CC(c1ccc(OC)cc1)N(O[Si](C)(C)C)c1ccccc1. The molecule has 5 nitrogen and oxygen atoms in total. The lowest BCUT2D eigenvalue weighted by Crippen LogP contribution is -2.40. The largest absolute Gasteiger partial charge is 0.497 e. The number of hydrogen-bond acceptors (Lipinski definition) is 5. The summed E-state index contributed by atoms with van der Waals surface area (Å²) in [5.41, 5.74) is 1.87. The van der Waals surface area contributed by atoms with Crippen molar-refractivity contribution in [1.82, 2.24) is 0 Å². The molecule has 0 aliphatic carbocycles. The van der Waals surface area contributed by atoms with E-state index < -0.39 is 8.32 Å². The zero-order chi connectivity index (χ0) is 19.9. The lowest BCUT2D eigenvalue weighted by atomic mass is 10.0. The van der Waals surface area contributed by atoms with Crippen molar-refractivity contribution in [2.24, 2.45) is 0 Å². The molecule has 0 N–H and O–H groups in total. The maximum absolute atomic E-state index is 12.3. The van der Waals surface area contributed by atoms with Crippen LogP contribution < -0.4 is 9.80 Å². The van der Waals surface area contributed by atoms with E-state index in [0.717, 1.165) is 17.0 Å². The predicted octanol–water partition coefficient (Wildman–Crippen LogP) is 4.96. The molecule has 146 valence electrons. The van der Waals surface area contributed by atoms with Gasteiger partial charge in [-0.3, -0.25) is 9.86 Å². The molecule has 1 atom stereocenters. The second-order valence-corrected chi connectivity index (χ2v) is 11.6. The van der Waals surface area contributed by atoms with Crippen LogP contribution in [0.5, 0.6) is 5.75 Å². The molecule has 2 aromatic carbocycles. The van der Waals surface area contributed by atoms with E-state index in [9.17, 15) is 4.79 Å². The summed E-state index contributed by atoms with van der Waals surface area (Å²) in [5, 5.41) is 1.87. The Hall–Kier alpha value is -2.31. The normalized spacial score (nSPS) is 12.3. The Morgan fingerprint density at radius 1 is 1.04 bits per heavy atom. The highest BCUT2D eigenvalue weighted by atomic mass is 28.4. The van der Waals surface area contributed by atoms with Crippen LogP contribution in [0.25, 0.3) is 0 Å². The predicted molar refractivity (Wildman–Crippen MR) is 110 cm³/mol. The number of benzene rings is 2. The highest BCUT2D eigenvalue weighted by Crippen LogP contribution is 2.33. The van der Waals surface area contributed by atoms with Crippen molar-refractivity contribution in [1.29, 1.82) is 0 Å². The first-order valence-corrected chi connectivity index (χ1v) is 12.6. The van der Waals surface area contributed by atoms with Crippen LogP contribution in [-0.4, -0.2) is 28.0 Å². The van der Waals surface area contributed by atoms with E-state index in [1.165, 1.54) is 0 Å². The minimum atomic E-state index is -1.94. The van der Waals surface area contributed by atoms with Crippen LogP contribution in [0.4, 0.5) is 5.69 Å². The van der Waals surface area contributed by atoms with Crippen molar-refractivity contribution in [3.8, 4) is 5.75 Å². The van der Waals surface area contributed by atoms with Gasteiger partial charge in [-0.25, -0.2) is 0 Å². The number of hydroxylamine groups is 1. The van der Waals surface area contributed by atoms with E-state index in [4.69, 9.17) is 14.0 Å². The van der Waals surface area contributed by atoms with Crippen molar-refractivity contribution < 1.29 is 18.8 Å². The molecule has 0 saturated heterocycles. The Labute approximate surface area is 162 Å². The van der Waals surface area contributed by atoms with Gasteiger partial charge in [-0.05, 0) is 56.4 Å².